The molecule has 2 aromatic rings. The lowest BCUT2D eigenvalue weighted by Gasteiger charge is -2.34. The number of esters is 1. The van der Waals surface area contributed by atoms with Crippen LogP contribution in [0.5, 0.6) is 0 Å². The van der Waals surface area contributed by atoms with Gasteiger partial charge in [-0.1, -0.05) is 18.2 Å². The Morgan fingerprint density at radius 2 is 2.08 bits per heavy atom. The normalized spacial score (nSPS) is 21.6. The lowest BCUT2D eigenvalue weighted by Crippen LogP contribution is -2.49. The van der Waals surface area contributed by atoms with Gasteiger partial charge in [0.2, 0.25) is 5.89 Å². The highest BCUT2D eigenvalue weighted by Crippen LogP contribution is 2.23. The maximum atomic E-state index is 11.8. The molecule has 2 atom stereocenters. The molecule has 1 aromatic heterocycles. The smallest absolute Gasteiger partial charge is 0.336 e. The van der Waals surface area contributed by atoms with Gasteiger partial charge in [0.25, 0.3) is 0 Å². The second-order valence-corrected chi connectivity index (χ2v) is 6.04. The van der Waals surface area contributed by atoms with Crippen molar-refractivity contribution in [2.45, 2.75) is 32.6 Å². The van der Waals surface area contributed by atoms with Gasteiger partial charge >= 0.3 is 5.97 Å². The number of aromatic nitrogens is 1. The summed E-state index contributed by atoms with van der Waals surface area (Å²) in [5.41, 5.74) is 1.83. The molecular formula is C18H22N2O4. The van der Waals surface area contributed by atoms with Crippen LogP contribution in [-0.2, 0) is 20.8 Å². The molecule has 0 spiro atoms. The minimum atomic E-state index is -0.556. The average molecular weight is 330 g/mol. The fourth-order valence-corrected chi connectivity index (χ4v) is 2.92. The highest BCUT2D eigenvalue weighted by Gasteiger charge is 2.31. The summed E-state index contributed by atoms with van der Waals surface area (Å²) in [4.78, 5) is 18.5. The number of morpholine rings is 1. The van der Waals surface area contributed by atoms with Crippen LogP contribution >= 0.6 is 0 Å². The molecule has 0 amide bonds. The van der Waals surface area contributed by atoms with Crippen LogP contribution in [0.2, 0.25) is 0 Å². The molecule has 24 heavy (non-hydrogen) atoms. The lowest BCUT2D eigenvalue weighted by molar-refractivity contribution is -0.166. The van der Waals surface area contributed by atoms with Crippen LogP contribution in [0.4, 0.5) is 0 Å². The molecule has 1 saturated heterocycles. The zero-order chi connectivity index (χ0) is 17.1. The average Bonchev–Trinajstić information content (AvgIpc) is 2.95. The number of hydrogen-bond acceptors (Lipinski definition) is 6. The fraction of sp³-hybridized carbons (Fsp3) is 0.444. The molecule has 6 nitrogen and oxygen atoms in total. The third-order valence-corrected chi connectivity index (χ3v) is 4.09. The van der Waals surface area contributed by atoms with Gasteiger partial charge in [0.05, 0.1) is 18.9 Å². The van der Waals surface area contributed by atoms with Crippen LogP contribution in [0.25, 0.3) is 11.5 Å². The standard InChI is InChI=1S/C18H22N2O4/c1-12-9-20(11-16(23-12)18(21)22-3)10-15-13(2)24-17(19-15)14-7-5-4-6-8-14/h4-8,12,16H,9-11H2,1-3H3/t12-,16-/m1/s1. The molecule has 1 aliphatic rings. The van der Waals surface area contributed by atoms with Gasteiger partial charge in [-0.2, -0.15) is 0 Å². The first-order chi connectivity index (χ1) is 11.6. The van der Waals surface area contributed by atoms with Gasteiger partial charge in [0.15, 0.2) is 6.10 Å². The molecule has 128 valence electrons. The van der Waals surface area contributed by atoms with Crippen molar-refractivity contribution in [3.8, 4) is 11.5 Å². The molecule has 0 saturated carbocycles. The number of carbonyl (C=O) groups excluding carboxylic acids is 1. The van der Waals surface area contributed by atoms with E-state index < -0.39 is 6.10 Å². The van der Waals surface area contributed by atoms with Crippen molar-refractivity contribution in [2.75, 3.05) is 20.2 Å². The molecule has 3 rings (SSSR count). The maximum Gasteiger partial charge on any atom is 0.336 e. The highest BCUT2D eigenvalue weighted by molar-refractivity contribution is 5.75. The predicted molar refractivity (Wildman–Crippen MR) is 88.3 cm³/mol. The van der Waals surface area contributed by atoms with Gasteiger partial charge in [-0.15, -0.1) is 0 Å². The summed E-state index contributed by atoms with van der Waals surface area (Å²) in [6.45, 7) is 5.71. The van der Waals surface area contributed by atoms with Gasteiger partial charge < -0.3 is 13.9 Å². The molecule has 0 radical (unpaired) electrons. The predicted octanol–water partition coefficient (Wildman–Crippen LogP) is 2.41. The van der Waals surface area contributed by atoms with E-state index in [0.29, 0.717) is 19.0 Å². The van der Waals surface area contributed by atoms with Crippen LogP contribution in [0.3, 0.4) is 0 Å². The summed E-state index contributed by atoms with van der Waals surface area (Å²) in [6.07, 6.45) is -0.594. The second-order valence-electron chi connectivity index (χ2n) is 6.04. The van der Waals surface area contributed by atoms with Crippen molar-refractivity contribution < 1.29 is 18.7 Å². The first-order valence-corrected chi connectivity index (χ1v) is 8.04. The zero-order valence-corrected chi connectivity index (χ0v) is 14.2. The van der Waals surface area contributed by atoms with Crippen LogP contribution in [0.1, 0.15) is 18.4 Å². The Hall–Kier alpha value is -2.18. The Morgan fingerprint density at radius 3 is 2.79 bits per heavy atom. The molecule has 2 heterocycles. The van der Waals surface area contributed by atoms with E-state index in [1.54, 1.807) is 0 Å². The van der Waals surface area contributed by atoms with E-state index in [-0.39, 0.29) is 12.1 Å². The van der Waals surface area contributed by atoms with Crippen molar-refractivity contribution >= 4 is 5.97 Å². The van der Waals surface area contributed by atoms with Gasteiger partial charge in [0, 0.05) is 25.2 Å². The molecule has 1 aliphatic heterocycles. The summed E-state index contributed by atoms with van der Waals surface area (Å²) < 4.78 is 16.3. The topological polar surface area (TPSA) is 64.8 Å². The third kappa shape index (κ3) is 3.66. The number of oxazole rings is 1. The lowest BCUT2D eigenvalue weighted by atomic mass is 10.2. The van der Waals surface area contributed by atoms with Crippen molar-refractivity contribution in [1.29, 1.82) is 0 Å². The van der Waals surface area contributed by atoms with Crippen LogP contribution in [-0.4, -0.2) is 48.3 Å². The van der Waals surface area contributed by atoms with Crippen molar-refractivity contribution in [2.24, 2.45) is 0 Å². The Balaban J connectivity index is 1.74. The number of nitrogens with zero attached hydrogens (tertiary/aromatic N) is 2. The Morgan fingerprint density at radius 1 is 1.33 bits per heavy atom. The Bertz CT molecular complexity index is 698. The van der Waals surface area contributed by atoms with Gasteiger partial charge in [-0.05, 0) is 26.0 Å². The summed E-state index contributed by atoms with van der Waals surface area (Å²) in [6, 6.07) is 9.82. The van der Waals surface area contributed by atoms with E-state index in [1.807, 2.05) is 44.2 Å². The Kier molecular flexibility index (Phi) is 4.97. The fourth-order valence-electron chi connectivity index (χ4n) is 2.92. The van der Waals surface area contributed by atoms with Gasteiger partial charge in [0.1, 0.15) is 5.76 Å². The van der Waals surface area contributed by atoms with Crippen molar-refractivity contribution in [3.05, 3.63) is 41.8 Å². The molecule has 0 N–H and O–H groups in total. The number of aryl methyl sites for hydroxylation is 1. The SMILES string of the molecule is COC(=O)[C@H]1CN(Cc2nc(-c3ccccc3)oc2C)C[C@@H](C)O1. The number of methoxy groups -OCH3 is 1. The molecule has 6 heteroatoms. The van der Waals surface area contributed by atoms with Crippen LogP contribution in [0, 0.1) is 6.92 Å². The number of ether oxygens (including phenoxy) is 2. The maximum absolute atomic E-state index is 11.8. The molecule has 0 aliphatic carbocycles. The van der Waals surface area contributed by atoms with E-state index >= 15 is 0 Å². The van der Waals surface area contributed by atoms with Gasteiger partial charge in [-0.25, -0.2) is 9.78 Å². The summed E-state index contributed by atoms with van der Waals surface area (Å²) in [5.74, 6) is 1.07. The number of rotatable bonds is 4. The van der Waals surface area contributed by atoms with Crippen molar-refractivity contribution in [1.82, 2.24) is 9.88 Å². The number of carbonyl (C=O) groups is 1. The minimum absolute atomic E-state index is 0.0383. The molecule has 0 bridgehead atoms. The molecule has 1 fully saturated rings. The van der Waals surface area contributed by atoms with Gasteiger partial charge in [-0.3, -0.25) is 4.90 Å². The van der Waals surface area contributed by atoms with Crippen LogP contribution in [0.15, 0.2) is 34.7 Å². The molecular weight excluding hydrogens is 308 g/mol. The minimum Gasteiger partial charge on any atom is -0.467 e. The van der Waals surface area contributed by atoms with Crippen LogP contribution < -0.4 is 0 Å². The molecule has 1 aromatic carbocycles. The monoisotopic (exact) mass is 330 g/mol. The summed E-state index contributed by atoms with van der Waals surface area (Å²) >= 11 is 0. The second kappa shape index (κ2) is 7.15. The van der Waals surface area contributed by atoms with E-state index in [4.69, 9.17) is 13.9 Å². The van der Waals surface area contributed by atoms with E-state index in [1.165, 1.54) is 7.11 Å². The summed E-state index contributed by atoms with van der Waals surface area (Å²) in [7, 11) is 1.38. The largest absolute Gasteiger partial charge is 0.467 e. The molecule has 0 unspecified atom stereocenters. The third-order valence-electron chi connectivity index (χ3n) is 4.09. The quantitative estimate of drug-likeness (QED) is 0.802. The van der Waals surface area contributed by atoms with Crippen molar-refractivity contribution in [3.63, 3.8) is 0 Å². The number of hydrogen-bond donors (Lipinski definition) is 0. The van der Waals surface area contributed by atoms with E-state index in [0.717, 1.165) is 23.6 Å². The highest BCUT2D eigenvalue weighted by atomic mass is 16.6. The van der Waals surface area contributed by atoms with E-state index in [2.05, 4.69) is 9.88 Å². The zero-order valence-electron chi connectivity index (χ0n) is 14.2. The number of benzene rings is 1. The Labute approximate surface area is 141 Å². The first-order valence-electron chi connectivity index (χ1n) is 8.04. The van der Waals surface area contributed by atoms with E-state index in [9.17, 15) is 4.79 Å². The first kappa shape index (κ1) is 16.7. The summed E-state index contributed by atoms with van der Waals surface area (Å²) in [5, 5.41) is 0.